The Morgan fingerprint density at radius 2 is 1.63 bits per heavy atom. The zero-order chi connectivity index (χ0) is 21.9. The molecule has 1 saturated heterocycles. The fourth-order valence-corrected chi connectivity index (χ4v) is 2.80. The summed E-state index contributed by atoms with van der Waals surface area (Å²) in [6.07, 6.45) is -4.29. The number of amides is 3. The first-order valence-corrected chi connectivity index (χ1v) is 8.75. The highest BCUT2D eigenvalue weighted by Gasteiger charge is 2.31. The van der Waals surface area contributed by atoms with E-state index in [4.69, 9.17) is 4.74 Å². The zero-order valence-corrected chi connectivity index (χ0v) is 15.4. The van der Waals surface area contributed by atoms with Crippen LogP contribution >= 0.6 is 0 Å². The molecule has 1 fully saturated rings. The maximum Gasteiger partial charge on any atom is 0.416 e. The number of carbonyl (C=O) groups is 4. The highest BCUT2D eigenvalue weighted by molar-refractivity contribution is 6.19. The van der Waals surface area contributed by atoms with E-state index in [-0.39, 0.29) is 35.9 Å². The summed E-state index contributed by atoms with van der Waals surface area (Å²) in [6.45, 7) is -0.708. The quantitative estimate of drug-likeness (QED) is 0.593. The number of rotatable bonds is 5. The van der Waals surface area contributed by atoms with Crippen molar-refractivity contribution in [3.8, 4) is 0 Å². The standard InChI is InChI=1S/C20H15F3N2O5/c21-20(22,23)13-2-1-3-14(10-13)24-16(26)11-30-19(29)12-4-6-15(7-5-12)25-17(27)8-9-18(25)28/h1-7,10H,8-9,11H2,(H,24,26). The van der Waals surface area contributed by atoms with Crippen molar-refractivity contribution in [2.75, 3.05) is 16.8 Å². The van der Waals surface area contributed by atoms with Gasteiger partial charge >= 0.3 is 12.1 Å². The van der Waals surface area contributed by atoms with Gasteiger partial charge in [-0.15, -0.1) is 0 Å². The van der Waals surface area contributed by atoms with Gasteiger partial charge in [0, 0.05) is 18.5 Å². The van der Waals surface area contributed by atoms with Crippen LogP contribution in [0.25, 0.3) is 0 Å². The van der Waals surface area contributed by atoms with E-state index >= 15 is 0 Å². The number of anilines is 2. The molecular formula is C20H15F3N2O5. The van der Waals surface area contributed by atoms with Gasteiger partial charge in [-0.1, -0.05) is 6.07 Å². The van der Waals surface area contributed by atoms with E-state index in [0.717, 1.165) is 23.1 Å². The number of halogens is 3. The van der Waals surface area contributed by atoms with Gasteiger partial charge < -0.3 is 10.1 Å². The van der Waals surface area contributed by atoms with Crippen LogP contribution in [0.1, 0.15) is 28.8 Å². The number of ether oxygens (including phenoxy) is 1. The van der Waals surface area contributed by atoms with Crippen LogP contribution in [-0.4, -0.2) is 30.3 Å². The molecule has 1 N–H and O–H groups in total. The average Bonchev–Trinajstić information content (AvgIpc) is 3.04. The third-order valence-electron chi connectivity index (χ3n) is 4.22. The molecule has 0 bridgehead atoms. The summed E-state index contributed by atoms with van der Waals surface area (Å²) in [5.41, 5.74) is -0.617. The van der Waals surface area contributed by atoms with Crippen molar-refractivity contribution in [3.05, 3.63) is 59.7 Å². The number of alkyl halides is 3. The number of hydrogen-bond donors (Lipinski definition) is 1. The van der Waals surface area contributed by atoms with Crippen LogP contribution in [0.5, 0.6) is 0 Å². The summed E-state index contributed by atoms with van der Waals surface area (Å²) in [7, 11) is 0. The molecule has 1 heterocycles. The van der Waals surface area contributed by atoms with Gasteiger partial charge in [0.15, 0.2) is 6.61 Å². The Morgan fingerprint density at radius 3 is 2.23 bits per heavy atom. The molecule has 1 aliphatic rings. The molecule has 30 heavy (non-hydrogen) atoms. The summed E-state index contributed by atoms with van der Waals surface area (Å²) in [4.78, 5) is 48.4. The minimum Gasteiger partial charge on any atom is -0.452 e. The van der Waals surface area contributed by atoms with E-state index in [1.807, 2.05) is 0 Å². The molecule has 10 heteroatoms. The maximum absolute atomic E-state index is 12.7. The lowest BCUT2D eigenvalue weighted by Crippen LogP contribution is -2.28. The van der Waals surface area contributed by atoms with E-state index in [2.05, 4.69) is 5.32 Å². The molecule has 2 aromatic carbocycles. The molecule has 0 aliphatic carbocycles. The molecule has 0 radical (unpaired) electrons. The SMILES string of the molecule is O=C(COC(=O)c1ccc(N2C(=O)CCC2=O)cc1)Nc1cccc(C(F)(F)F)c1. The summed E-state index contributed by atoms with van der Waals surface area (Å²) in [5.74, 6) is -2.32. The lowest BCUT2D eigenvalue weighted by atomic mass is 10.2. The number of hydrogen-bond acceptors (Lipinski definition) is 5. The number of nitrogens with one attached hydrogen (secondary N) is 1. The zero-order valence-electron chi connectivity index (χ0n) is 15.4. The van der Waals surface area contributed by atoms with Crippen molar-refractivity contribution in [3.63, 3.8) is 0 Å². The Kier molecular flexibility index (Phi) is 5.86. The number of nitrogens with zero attached hydrogens (tertiary/aromatic N) is 1. The summed E-state index contributed by atoms with van der Waals surface area (Å²) >= 11 is 0. The Balaban J connectivity index is 1.56. The molecule has 3 rings (SSSR count). The largest absolute Gasteiger partial charge is 0.452 e. The van der Waals surface area contributed by atoms with Gasteiger partial charge in [0.25, 0.3) is 5.91 Å². The van der Waals surface area contributed by atoms with Gasteiger partial charge in [-0.05, 0) is 42.5 Å². The third-order valence-corrected chi connectivity index (χ3v) is 4.22. The summed E-state index contributed by atoms with van der Waals surface area (Å²) in [5, 5.41) is 2.22. The smallest absolute Gasteiger partial charge is 0.416 e. The Hall–Kier alpha value is -3.69. The first kappa shape index (κ1) is 21.0. The molecule has 1 aliphatic heterocycles. The van der Waals surface area contributed by atoms with Gasteiger partial charge in [0.2, 0.25) is 11.8 Å². The number of imide groups is 1. The fourth-order valence-electron chi connectivity index (χ4n) is 2.80. The molecule has 0 unspecified atom stereocenters. The monoisotopic (exact) mass is 420 g/mol. The second-order valence-corrected chi connectivity index (χ2v) is 6.37. The predicted octanol–water partition coefficient (Wildman–Crippen LogP) is 3.15. The Bertz CT molecular complexity index is 986. The van der Waals surface area contributed by atoms with Crippen molar-refractivity contribution in [2.24, 2.45) is 0 Å². The van der Waals surface area contributed by atoms with Crippen LogP contribution in [-0.2, 0) is 25.3 Å². The van der Waals surface area contributed by atoms with Crippen molar-refractivity contribution in [2.45, 2.75) is 19.0 Å². The molecular weight excluding hydrogens is 405 g/mol. The van der Waals surface area contributed by atoms with Crippen molar-refractivity contribution in [1.82, 2.24) is 0 Å². The number of benzene rings is 2. The van der Waals surface area contributed by atoms with E-state index in [0.29, 0.717) is 5.69 Å². The molecule has 3 amide bonds. The van der Waals surface area contributed by atoms with E-state index < -0.39 is 30.2 Å². The van der Waals surface area contributed by atoms with Gasteiger partial charge in [0.05, 0.1) is 16.8 Å². The number of esters is 1. The molecule has 7 nitrogen and oxygen atoms in total. The lowest BCUT2D eigenvalue weighted by Gasteiger charge is -2.14. The molecule has 0 aromatic heterocycles. The predicted molar refractivity (Wildman–Crippen MR) is 98.5 cm³/mol. The first-order chi connectivity index (χ1) is 14.1. The Morgan fingerprint density at radius 1 is 1.00 bits per heavy atom. The van der Waals surface area contributed by atoms with Crippen LogP contribution in [0.2, 0.25) is 0 Å². The third kappa shape index (κ3) is 4.83. The van der Waals surface area contributed by atoms with Gasteiger partial charge in [-0.25, -0.2) is 4.79 Å². The van der Waals surface area contributed by atoms with Crippen LogP contribution in [0.3, 0.4) is 0 Å². The van der Waals surface area contributed by atoms with Crippen molar-refractivity contribution >= 4 is 35.1 Å². The first-order valence-electron chi connectivity index (χ1n) is 8.75. The molecule has 156 valence electrons. The van der Waals surface area contributed by atoms with Crippen molar-refractivity contribution < 1.29 is 37.1 Å². The summed E-state index contributed by atoms with van der Waals surface area (Å²) in [6, 6.07) is 9.52. The van der Waals surface area contributed by atoms with Gasteiger partial charge in [-0.2, -0.15) is 13.2 Å². The fraction of sp³-hybridized carbons (Fsp3) is 0.200. The van der Waals surface area contributed by atoms with E-state index in [1.54, 1.807) is 0 Å². The average molecular weight is 420 g/mol. The van der Waals surface area contributed by atoms with Crippen LogP contribution in [0, 0.1) is 0 Å². The van der Waals surface area contributed by atoms with Gasteiger partial charge in [-0.3, -0.25) is 19.3 Å². The molecule has 2 aromatic rings. The molecule has 0 atom stereocenters. The highest BCUT2D eigenvalue weighted by atomic mass is 19.4. The van der Waals surface area contributed by atoms with Gasteiger partial charge in [0.1, 0.15) is 0 Å². The van der Waals surface area contributed by atoms with Crippen LogP contribution < -0.4 is 10.2 Å². The highest BCUT2D eigenvalue weighted by Crippen LogP contribution is 2.30. The van der Waals surface area contributed by atoms with E-state index in [1.165, 1.54) is 30.3 Å². The second kappa shape index (κ2) is 8.36. The van der Waals surface area contributed by atoms with Crippen LogP contribution in [0.15, 0.2) is 48.5 Å². The maximum atomic E-state index is 12.7. The minimum atomic E-state index is -4.55. The summed E-state index contributed by atoms with van der Waals surface area (Å²) < 4.78 is 42.9. The van der Waals surface area contributed by atoms with Crippen molar-refractivity contribution in [1.29, 1.82) is 0 Å². The lowest BCUT2D eigenvalue weighted by molar-refractivity contribution is -0.137. The van der Waals surface area contributed by atoms with E-state index in [9.17, 15) is 32.3 Å². The molecule has 0 saturated carbocycles. The topological polar surface area (TPSA) is 92.8 Å². The Labute approximate surface area is 168 Å². The molecule has 0 spiro atoms. The normalized spacial score (nSPS) is 14.0. The minimum absolute atomic E-state index is 0.0738. The van der Waals surface area contributed by atoms with Crippen LogP contribution in [0.4, 0.5) is 24.5 Å². The number of carbonyl (C=O) groups excluding carboxylic acids is 4. The second-order valence-electron chi connectivity index (χ2n) is 6.37.